The molecule has 0 aromatic carbocycles. The predicted octanol–water partition coefficient (Wildman–Crippen LogP) is 0.366. The number of hydrogen-bond donors (Lipinski definition) is 2. The molecule has 0 fully saturated rings. The van der Waals surface area contributed by atoms with Crippen molar-refractivity contribution in [2.75, 3.05) is 25.6 Å². The van der Waals surface area contributed by atoms with Crippen molar-refractivity contribution in [3.63, 3.8) is 0 Å². The van der Waals surface area contributed by atoms with Gasteiger partial charge in [0.2, 0.25) is 5.82 Å². The average molecular weight is 225 g/mol. The summed E-state index contributed by atoms with van der Waals surface area (Å²) in [5, 5.41) is 11.6. The first kappa shape index (κ1) is 12.4. The molecule has 0 aliphatic carbocycles. The van der Waals surface area contributed by atoms with Crippen LogP contribution < -0.4 is 5.32 Å². The highest BCUT2D eigenvalue weighted by Gasteiger charge is 2.10. The van der Waals surface area contributed by atoms with E-state index in [4.69, 9.17) is 5.11 Å². The summed E-state index contributed by atoms with van der Waals surface area (Å²) in [5.41, 5.74) is 0.682. The number of aromatic nitrogens is 2. The number of hydrogen-bond acceptors (Lipinski definition) is 6. The first-order chi connectivity index (χ1) is 7.67. The summed E-state index contributed by atoms with van der Waals surface area (Å²) >= 11 is 0. The number of anilines is 1. The SMILES string of the molecule is COC(=O)c1nc(C)cc(NCCCO)n1. The van der Waals surface area contributed by atoms with Gasteiger partial charge in [0.15, 0.2) is 0 Å². The van der Waals surface area contributed by atoms with Gasteiger partial charge in [-0.05, 0) is 13.3 Å². The third-order valence-corrected chi connectivity index (χ3v) is 1.86. The normalized spacial score (nSPS) is 9.94. The second-order valence-electron chi connectivity index (χ2n) is 3.21. The van der Waals surface area contributed by atoms with E-state index in [0.717, 1.165) is 0 Å². The van der Waals surface area contributed by atoms with Gasteiger partial charge in [0, 0.05) is 24.9 Å². The Balaban J connectivity index is 2.77. The largest absolute Gasteiger partial charge is 0.463 e. The van der Waals surface area contributed by atoms with Gasteiger partial charge in [-0.3, -0.25) is 0 Å². The molecule has 0 saturated heterocycles. The molecule has 0 saturated carbocycles. The van der Waals surface area contributed by atoms with Crippen molar-refractivity contribution in [1.29, 1.82) is 0 Å². The number of aliphatic hydroxyl groups excluding tert-OH is 1. The Morgan fingerprint density at radius 3 is 2.94 bits per heavy atom. The fourth-order valence-corrected chi connectivity index (χ4v) is 1.14. The Morgan fingerprint density at radius 1 is 1.56 bits per heavy atom. The van der Waals surface area contributed by atoms with E-state index in [2.05, 4.69) is 20.0 Å². The van der Waals surface area contributed by atoms with Crippen molar-refractivity contribution < 1.29 is 14.6 Å². The van der Waals surface area contributed by atoms with Gasteiger partial charge < -0.3 is 15.2 Å². The van der Waals surface area contributed by atoms with Crippen LogP contribution in [-0.4, -0.2) is 41.3 Å². The van der Waals surface area contributed by atoms with Gasteiger partial charge in [0.05, 0.1) is 7.11 Å². The van der Waals surface area contributed by atoms with Crippen LogP contribution in [0.25, 0.3) is 0 Å². The molecule has 1 aromatic heterocycles. The summed E-state index contributed by atoms with van der Waals surface area (Å²) in [4.78, 5) is 19.2. The lowest BCUT2D eigenvalue weighted by Gasteiger charge is -2.06. The number of nitrogens with one attached hydrogen (secondary N) is 1. The van der Waals surface area contributed by atoms with Crippen LogP contribution in [0.1, 0.15) is 22.7 Å². The Bertz CT molecular complexity index is 368. The maximum Gasteiger partial charge on any atom is 0.376 e. The highest BCUT2D eigenvalue weighted by molar-refractivity contribution is 5.85. The van der Waals surface area contributed by atoms with Crippen molar-refractivity contribution in [3.05, 3.63) is 17.6 Å². The Hall–Kier alpha value is -1.69. The molecule has 0 aliphatic rings. The van der Waals surface area contributed by atoms with Gasteiger partial charge in [-0.25, -0.2) is 14.8 Å². The lowest BCUT2D eigenvalue weighted by molar-refractivity contribution is 0.0586. The fourth-order valence-electron chi connectivity index (χ4n) is 1.14. The molecule has 0 amide bonds. The summed E-state index contributed by atoms with van der Waals surface area (Å²) in [7, 11) is 1.28. The molecule has 0 aliphatic heterocycles. The van der Waals surface area contributed by atoms with Gasteiger partial charge in [-0.15, -0.1) is 0 Å². The number of carbonyl (C=O) groups is 1. The predicted molar refractivity (Wildman–Crippen MR) is 58.3 cm³/mol. The molecule has 2 N–H and O–H groups in total. The van der Waals surface area contributed by atoms with Gasteiger partial charge >= 0.3 is 5.97 Å². The number of rotatable bonds is 5. The number of nitrogens with zero attached hydrogens (tertiary/aromatic N) is 2. The number of aliphatic hydroxyl groups is 1. The number of aryl methyl sites for hydroxylation is 1. The topological polar surface area (TPSA) is 84.3 Å². The highest BCUT2D eigenvalue weighted by Crippen LogP contribution is 2.06. The highest BCUT2D eigenvalue weighted by atomic mass is 16.5. The Morgan fingerprint density at radius 2 is 2.31 bits per heavy atom. The molecule has 6 heteroatoms. The third kappa shape index (κ3) is 3.47. The molecule has 16 heavy (non-hydrogen) atoms. The molecule has 0 atom stereocenters. The van der Waals surface area contributed by atoms with Gasteiger partial charge in [0.25, 0.3) is 0 Å². The van der Waals surface area contributed by atoms with Crippen LogP contribution in [-0.2, 0) is 4.74 Å². The van der Waals surface area contributed by atoms with Gasteiger partial charge in [0.1, 0.15) is 5.82 Å². The minimum Gasteiger partial charge on any atom is -0.463 e. The molecule has 1 rings (SSSR count). The van der Waals surface area contributed by atoms with Crippen LogP contribution in [0.5, 0.6) is 0 Å². The van der Waals surface area contributed by atoms with E-state index in [1.807, 2.05) is 0 Å². The average Bonchev–Trinajstić information content (AvgIpc) is 2.27. The van der Waals surface area contributed by atoms with Crippen molar-refractivity contribution in [1.82, 2.24) is 9.97 Å². The second kappa shape index (κ2) is 6.02. The Kier molecular flexibility index (Phi) is 4.65. The van der Waals surface area contributed by atoms with Crippen LogP contribution in [0.3, 0.4) is 0 Å². The van der Waals surface area contributed by atoms with Crippen LogP contribution in [0.2, 0.25) is 0 Å². The molecule has 0 unspecified atom stereocenters. The molecule has 6 nitrogen and oxygen atoms in total. The summed E-state index contributed by atoms with van der Waals surface area (Å²) < 4.78 is 4.54. The molecule has 0 radical (unpaired) electrons. The van der Waals surface area contributed by atoms with Gasteiger partial charge in [-0.1, -0.05) is 0 Å². The van der Waals surface area contributed by atoms with E-state index in [0.29, 0.717) is 24.5 Å². The maximum atomic E-state index is 11.2. The van der Waals surface area contributed by atoms with Crippen molar-refractivity contribution in [2.45, 2.75) is 13.3 Å². The third-order valence-electron chi connectivity index (χ3n) is 1.86. The van der Waals surface area contributed by atoms with Crippen LogP contribution in [0.15, 0.2) is 6.07 Å². The molecule has 0 bridgehead atoms. The quantitative estimate of drug-likeness (QED) is 0.556. The zero-order valence-corrected chi connectivity index (χ0v) is 9.36. The van der Waals surface area contributed by atoms with Crippen LogP contribution >= 0.6 is 0 Å². The first-order valence-corrected chi connectivity index (χ1v) is 4.96. The van der Waals surface area contributed by atoms with Crippen molar-refractivity contribution in [3.8, 4) is 0 Å². The molecular formula is C10H15N3O3. The zero-order chi connectivity index (χ0) is 12.0. The second-order valence-corrected chi connectivity index (χ2v) is 3.21. The lowest BCUT2D eigenvalue weighted by Crippen LogP contribution is -2.12. The summed E-state index contributed by atoms with van der Waals surface area (Å²) in [6.45, 7) is 2.47. The number of esters is 1. The smallest absolute Gasteiger partial charge is 0.376 e. The summed E-state index contributed by atoms with van der Waals surface area (Å²) in [6, 6.07) is 1.73. The Labute approximate surface area is 93.7 Å². The molecular weight excluding hydrogens is 210 g/mol. The van der Waals surface area contributed by atoms with Crippen LogP contribution in [0, 0.1) is 6.92 Å². The van der Waals surface area contributed by atoms with E-state index >= 15 is 0 Å². The van der Waals surface area contributed by atoms with Crippen molar-refractivity contribution >= 4 is 11.8 Å². The van der Waals surface area contributed by atoms with E-state index in [1.54, 1.807) is 13.0 Å². The summed E-state index contributed by atoms with van der Waals surface area (Å²) in [6.07, 6.45) is 0.622. The standard InChI is InChI=1S/C10H15N3O3/c1-7-6-8(11-4-3-5-14)13-9(12-7)10(15)16-2/h6,14H,3-5H2,1-2H3,(H,11,12,13). The van der Waals surface area contributed by atoms with E-state index < -0.39 is 5.97 Å². The van der Waals surface area contributed by atoms with Crippen LogP contribution in [0.4, 0.5) is 5.82 Å². The molecule has 88 valence electrons. The minimum absolute atomic E-state index is 0.0361. The van der Waals surface area contributed by atoms with Crippen molar-refractivity contribution in [2.24, 2.45) is 0 Å². The lowest BCUT2D eigenvalue weighted by atomic mass is 10.4. The number of ether oxygens (including phenoxy) is 1. The minimum atomic E-state index is -0.561. The number of carbonyl (C=O) groups excluding carboxylic acids is 1. The first-order valence-electron chi connectivity index (χ1n) is 4.96. The van der Waals surface area contributed by atoms with E-state index in [1.165, 1.54) is 7.11 Å². The number of methoxy groups -OCH3 is 1. The summed E-state index contributed by atoms with van der Waals surface area (Å²) in [5.74, 6) is 0.0317. The molecule has 1 aromatic rings. The van der Waals surface area contributed by atoms with E-state index in [-0.39, 0.29) is 12.4 Å². The maximum absolute atomic E-state index is 11.2. The van der Waals surface area contributed by atoms with E-state index in [9.17, 15) is 4.79 Å². The monoisotopic (exact) mass is 225 g/mol. The molecule has 0 spiro atoms. The molecule has 1 heterocycles. The fraction of sp³-hybridized carbons (Fsp3) is 0.500. The van der Waals surface area contributed by atoms with Gasteiger partial charge in [-0.2, -0.15) is 0 Å². The zero-order valence-electron chi connectivity index (χ0n) is 9.36.